The number of hydrogen-bond donors (Lipinski definition) is 0. The van der Waals surface area contributed by atoms with Gasteiger partial charge in [0.2, 0.25) is 0 Å². The number of nitrogens with zero attached hydrogens (tertiary/aromatic N) is 3. The highest BCUT2D eigenvalue weighted by molar-refractivity contribution is 9.10. The lowest BCUT2D eigenvalue weighted by molar-refractivity contribution is 1.21. The summed E-state index contributed by atoms with van der Waals surface area (Å²) >= 11 is 9.38. The number of pyridine rings is 3. The monoisotopic (exact) mass is 463 g/mol. The van der Waals surface area contributed by atoms with E-state index in [9.17, 15) is 0 Å². The van der Waals surface area contributed by atoms with Gasteiger partial charge in [0, 0.05) is 39.8 Å². The van der Waals surface area contributed by atoms with E-state index < -0.39 is 0 Å². The molecule has 0 aliphatic heterocycles. The molecule has 3 heterocycles. The van der Waals surface area contributed by atoms with E-state index in [1.54, 1.807) is 6.20 Å². The average molecular weight is 465 g/mol. The van der Waals surface area contributed by atoms with Crippen molar-refractivity contribution in [1.29, 1.82) is 0 Å². The number of halogens is 2. The molecule has 4 rings (SSSR count). The van der Waals surface area contributed by atoms with Gasteiger partial charge in [0.05, 0.1) is 11.4 Å². The Morgan fingerprint density at radius 2 is 1.28 bits per heavy atom. The van der Waals surface area contributed by atoms with Crippen LogP contribution in [0, 0.1) is 20.8 Å². The normalized spacial score (nSPS) is 10.9. The summed E-state index contributed by atoms with van der Waals surface area (Å²) in [4.78, 5) is 13.5. The first-order valence-corrected chi connectivity index (χ1v) is 10.4. The maximum absolute atomic E-state index is 5.91. The van der Waals surface area contributed by atoms with Crippen LogP contribution in [0.5, 0.6) is 0 Å². The molecule has 144 valence electrons. The minimum absolute atomic E-state index is 0.499. The van der Waals surface area contributed by atoms with Crippen LogP contribution in [0.2, 0.25) is 5.15 Å². The van der Waals surface area contributed by atoms with Crippen molar-refractivity contribution in [2.24, 2.45) is 0 Å². The Bertz CT molecular complexity index is 1200. The zero-order valence-corrected chi connectivity index (χ0v) is 18.7. The molecule has 3 nitrogen and oxygen atoms in total. The van der Waals surface area contributed by atoms with E-state index >= 15 is 0 Å². The number of rotatable bonds is 3. The summed E-state index contributed by atoms with van der Waals surface area (Å²) in [5.74, 6) is 0. The van der Waals surface area contributed by atoms with Gasteiger partial charge in [-0.2, -0.15) is 0 Å². The molecule has 0 saturated heterocycles. The Labute approximate surface area is 184 Å². The zero-order chi connectivity index (χ0) is 20.5. The van der Waals surface area contributed by atoms with Gasteiger partial charge in [-0.25, -0.2) is 4.98 Å². The predicted molar refractivity (Wildman–Crippen MR) is 123 cm³/mol. The maximum Gasteiger partial charge on any atom is 0.129 e. The van der Waals surface area contributed by atoms with Crippen LogP contribution in [-0.4, -0.2) is 15.0 Å². The Kier molecular flexibility index (Phi) is 5.48. The molecular formula is C24H19BrClN3. The second-order valence-corrected chi connectivity index (χ2v) is 8.41. The van der Waals surface area contributed by atoms with Crippen LogP contribution in [0.4, 0.5) is 0 Å². The second kappa shape index (κ2) is 8.05. The quantitative estimate of drug-likeness (QED) is 0.301. The summed E-state index contributed by atoms with van der Waals surface area (Å²) in [6.45, 7) is 6.25. The fourth-order valence-electron chi connectivity index (χ4n) is 3.52. The van der Waals surface area contributed by atoms with Gasteiger partial charge in [-0.15, -0.1) is 0 Å². The fourth-order valence-corrected chi connectivity index (χ4v) is 4.08. The summed E-state index contributed by atoms with van der Waals surface area (Å²) in [6, 6.07) is 14.4. The predicted octanol–water partition coefficient (Wildman–Crippen LogP) is 7.21. The van der Waals surface area contributed by atoms with Gasteiger partial charge < -0.3 is 0 Å². The van der Waals surface area contributed by atoms with Crippen molar-refractivity contribution in [3.63, 3.8) is 0 Å². The van der Waals surface area contributed by atoms with Gasteiger partial charge in [0.15, 0.2) is 0 Å². The molecule has 0 N–H and O–H groups in total. The molecule has 0 aliphatic carbocycles. The van der Waals surface area contributed by atoms with Gasteiger partial charge in [0.25, 0.3) is 0 Å². The molecule has 0 spiro atoms. The van der Waals surface area contributed by atoms with Crippen LogP contribution >= 0.6 is 27.5 Å². The van der Waals surface area contributed by atoms with Gasteiger partial charge >= 0.3 is 0 Å². The van der Waals surface area contributed by atoms with Crippen molar-refractivity contribution >= 4 is 27.5 Å². The van der Waals surface area contributed by atoms with E-state index in [2.05, 4.69) is 77.0 Å². The molecule has 0 fully saturated rings. The largest absolute Gasteiger partial charge is 0.255 e. The molecule has 0 atom stereocenters. The molecular weight excluding hydrogens is 446 g/mol. The van der Waals surface area contributed by atoms with Crippen LogP contribution in [0.25, 0.3) is 33.6 Å². The van der Waals surface area contributed by atoms with E-state index in [0.717, 1.165) is 49.2 Å². The molecule has 0 bridgehead atoms. The first-order chi connectivity index (χ1) is 13.9. The molecule has 4 aromatic rings. The lowest BCUT2D eigenvalue weighted by Crippen LogP contribution is -1.94. The average Bonchev–Trinajstić information content (AvgIpc) is 2.69. The molecule has 0 aliphatic rings. The summed E-state index contributed by atoms with van der Waals surface area (Å²) in [7, 11) is 0. The van der Waals surface area contributed by atoms with E-state index in [1.165, 1.54) is 5.56 Å². The molecule has 29 heavy (non-hydrogen) atoms. The van der Waals surface area contributed by atoms with Crippen molar-refractivity contribution in [2.75, 3.05) is 0 Å². The lowest BCUT2D eigenvalue weighted by Gasteiger charge is -2.12. The molecule has 0 radical (unpaired) electrons. The van der Waals surface area contributed by atoms with E-state index in [-0.39, 0.29) is 0 Å². The Balaban J connectivity index is 1.70. The molecule has 5 heteroatoms. The van der Waals surface area contributed by atoms with Crippen molar-refractivity contribution in [1.82, 2.24) is 15.0 Å². The van der Waals surface area contributed by atoms with Gasteiger partial charge in [0.1, 0.15) is 5.15 Å². The summed E-state index contributed by atoms with van der Waals surface area (Å²) in [6.07, 6.45) is 5.52. The van der Waals surface area contributed by atoms with E-state index in [1.807, 2.05) is 24.5 Å². The first-order valence-electron chi connectivity index (χ1n) is 9.24. The minimum atomic E-state index is 0.499. The minimum Gasteiger partial charge on any atom is -0.255 e. The summed E-state index contributed by atoms with van der Waals surface area (Å²) in [5.41, 5.74) is 9.65. The third kappa shape index (κ3) is 4.09. The Hall–Kier alpha value is -2.56. The number of aromatic nitrogens is 3. The van der Waals surface area contributed by atoms with Crippen LogP contribution in [0.3, 0.4) is 0 Å². The number of aryl methyl sites for hydroxylation is 3. The highest BCUT2D eigenvalue weighted by atomic mass is 79.9. The first kappa shape index (κ1) is 19.7. The second-order valence-electron chi connectivity index (χ2n) is 7.11. The fraction of sp³-hybridized carbons (Fsp3) is 0.125. The van der Waals surface area contributed by atoms with Gasteiger partial charge in [-0.1, -0.05) is 23.7 Å². The van der Waals surface area contributed by atoms with E-state index in [0.29, 0.717) is 5.15 Å². The zero-order valence-electron chi connectivity index (χ0n) is 16.4. The Morgan fingerprint density at radius 3 is 1.93 bits per heavy atom. The standard InChI is InChI=1S/C24H19BrClN3/c1-14-8-17(4-6-21(14)18-5-7-22(26)27-11-18)23-15(2)9-19(12-28-23)24-16(3)10-20(25)13-29-24/h4-13H,1-3H3. The SMILES string of the molecule is Cc1cc(-c2ncc(-c3ncc(Br)cc3C)cc2C)ccc1-c1ccc(Cl)nc1. The van der Waals surface area contributed by atoms with Crippen molar-refractivity contribution in [3.8, 4) is 33.6 Å². The summed E-state index contributed by atoms with van der Waals surface area (Å²) in [5, 5.41) is 0.499. The molecule has 0 unspecified atom stereocenters. The highest BCUT2D eigenvalue weighted by Crippen LogP contribution is 2.31. The smallest absolute Gasteiger partial charge is 0.129 e. The van der Waals surface area contributed by atoms with Gasteiger partial charge in [-0.3, -0.25) is 9.97 Å². The lowest BCUT2D eigenvalue weighted by atomic mass is 9.96. The highest BCUT2D eigenvalue weighted by Gasteiger charge is 2.11. The van der Waals surface area contributed by atoms with Crippen LogP contribution in [0.1, 0.15) is 16.7 Å². The maximum atomic E-state index is 5.91. The number of hydrogen-bond acceptors (Lipinski definition) is 3. The van der Waals surface area contributed by atoms with Gasteiger partial charge in [-0.05, 0) is 89.3 Å². The summed E-state index contributed by atoms with van der Waals surface area (Å²) < 4.78 is 0.978. The van der Waals surface area contributed by atoms with E-state index in [4.69, 9.17) is 16.6 Å². The molecule has 3 aromatic heterocycles. The van der Waals surface area contributed by atoms with Crippen LogP contribution in [0.15, 0.2) is 65.5 Å². The third-order valence-electron chi connectivity index (χ3n) is 4.93. The topological polar surface area (TPSA) is 38.7 Å². The van der Waals surface area contributed by atoms with Crippen LogP contribution in [-0.2, 0) is 0 Å². The van der Waals surface area contributed by atoms with Crippen molar-refractivity contribution in [2.45, 2.75) is 20.8 Å². The molecule has 1 aromatic carbocycles. The Morgan fingerprint density at radius 1 is 0.655 bits per heavy atom. The van der Waals surface area contributed by atoms with Crippen molar-refractivity contribution in [3.05, 3.63) is 87.4 Å². The number of benzene rings is 1. The van der Waals surface area contributed by atoms with Crippen molar-refractivity contribution < 1.29 is 0 Å². The third-order valence-corrected chi connectivity index (χ3v) is 5.59. The molecule has 0 amide bonds. The molecule has 0 saturated carbocycles. The van der Waals surface area contributed by atoms with Crippen LogP contribution < -0.4 is 0 Å².